The van der Waals surface area contributed by atoms with Gasteiger partial charge in [-0.05, 0) is 33.9 Å². The van der Waals surface area contributed by atoms with Crippen molar-refractivity contribution in [3.8, 4) is 0 Å². The Kier molecular flexibility index (Phi) is 6.61. The topological polar surface area (TPSA) is 42.4 Å². The molecule has 1 aliphatic rings. The third-order valence-corrected chi connectivity index (χ3v) is 21.1. The second kappa shape index (κ2) is 7.97. The molecular weight excluding hydrogens is 363 g/mol. The van der Waals surface area contributed by atoms with E-state index in [9.17, 15) is 4.79 Å². The first-order chi connectivity index (χ1) is 11.6. The van der Waals surface area contributed by atoms with Gasteiger partial charge in [-0.15, -0.1) is 0 Å². The van der Waals surface area contributed by atoms with Crippen molar-refractivity contribution in [2.75, 3.05) is 24.6 Å². The Labute approximate surface area is 156 Å². The molecule has 0 radical (unpaired) electrons. The van der Waals surface area contributed by atoms with Gasteiger partial charge in [0.15, 0.2) is 0 Å². The van der Waals surface area contributed by atoms with Crippen molar-refractivity contribution in [3.63, 3.8) is 0 Å². The van der Waals surface area contributed by atoms with E-state index in [-0.39, 0.29) is 5.97 Å². The van der Waals surface area contributed by atoms with E-state index in [4.69, 9.17) is 9.48 Å². The van der Waals surface area contributed by atoms with Gasteiger partial charge in [-0.2, -0.15) is 0 Å². The van der Waals surface area contributed by atoms with Crippen molar-refractivity contribution < 1.29 is 9.53 Å². The highest BCUT2D eigenvalue weighted by atomic mass is 31.1. The third-order valence-electron chi connectivity index (χ3n) is 4.77. The SMILES string of the molecule is CCOC(=O)c1cc(N2CCCCC2)np1C([Si](C)(C)C)[Si](C)(C)C. The van der Waals surface area contributed by atoms with Gasteiger partial charge in [0, 0.05) is 24.1 Å². The zero-order chi connectivity index (χ0) is 18.8. The van der Waals surface area contributed by atoms with Crippen molar-refractivity contribution in [3.05, 3.63) is 11.4 Å². The Balaban J connectivity index is 2.52. The summed E-state index contributed by atoms with van der Waals surface area (Å²) in [5.41, 5.74) is 0. The van der Waals surface area contributed by atoms with Gasteiger partial charge in [-0.1, -0.05) is 39.3 Å². The molecular formula is C18H35N2O2PSi2. The molecule has 2 heterocycles. The Bertz CT molecular complexity index is 585. The molecule has 2 rings (SSSR count). The minimum atomic E-state index is -1.46. The predicted molar refractivity (Wildman–Crippen MR) is 115 cm³/mol. The molecule has 1 unspecified atom stereocenters. The van der Waals surface area contributed by atoms with Gasteiger partial charge in [-0.25, -0.2) is 9.54 Å². The fraction of sp³-hybridized carbons (Fsp3) is 0.778. The maximum absolute atomic E-state index is 12.7. The molecule has 7 heteroatoms. The van der Waals surface area contributed by atoms with Crippen LogP contribution in [0.5, 0.6) is 0 Å². The zero-order valence-electron chi connectivity index (χ0n) is 17.1. The number of hydrogen-bond donors (Lipinski definition) is 0. The lowest BCUT2D eigenvalue weighted by molar-refractivity contribution is 0.0532. The Hall–Kier alpha value is -0.586. The molecule has 0 amide bonds. The third kappa shape index (κ3) is 4.98. The molecule has 0 bridgehead atoms. The van der Waals surface area contributed by atoms with Crippen LogP contribution in [0, 0.1) is 0 Å². The molecule has 1 aromatic heterocycles. The first-order valence-electron chi connectivity index (χ1n) is 9.57. The number of hydrogen-bond acceptors (Lipinski definition) is 4. The summed E-state index contributed by atoms with van der Waals surface area (Å²) in [6.07, 6.45) is 3.76. The minimum Gasteiger partial charge on any atom is -0.462 e. The summed E-state index contributed by atoms with van der Waals surface area (Å²) in [5, 5.41) is 0.868. The number of ether oxygens (including phenoxy) is 1. The van der Waals surface area contributed by atoms with Crippen LogP contribution in [0.25, 0.3) is 0 Å². The van der Waals surface area contributed by atoms with Crippen LogP contribution in [0.1, 0.15) is 41.2 Å². The van der Waals surface area contributed by atoms with Crippen molar-refractivity contribution in [2.24, 2.45) is 0 Å². The van der Waals surface area contributed by atoms with Crippen molar-refractivity contribution in [1.82, 2.24) is 4.75 Å². The second-order valence-electron chi connectivity index (χ2n) is 9.24. The fourth-order valence-corrected chi connectivity index (χ4v) is 23.1. The molecule has 0 N–H and O–H groups in total. The first kappa shape index (κ1) is 20.7. The lowest BCUT2D eigenvalue weighted by atomic mass is 10.1. The summed E-state index contributed by atoms with van der Waals surface area (Å²) in [7, 11) is -3.73. The van der Waals surface area contributed by atoms with Crippen molar-refractivity contribution in [2.45, 2.75) is 70.4 Å². The van der Waals surface area contributed by atoms with Crippen LogP contribution in [-0.2, 0) is 4.74 Å². The van der Waals surface area contributed by atoms with E-state index < -0.39 is 23.8 Å². The maximum Gasteiger partial charge on any atom is 0.343 e. The maximum atomic E-state index is 12.7. The normalized spacial score (nSPS) is 17.1. The minimum absolute atomic E-state index is 0.133. The lowest BCUT2D eigenvalue weighted by Crippen LogP contribution is -2.44. The molecule has 1 atom stereocenters. The van der Waals surface area contributed by atoms with E-state index >= 15 is 0 Å². The van der Waals surface area contributed by atoms with Crippen LogP contribution in [-0.4, -0.2) is 46.6 Å². The highest BCUT2D eigenvalue weighted by Gasteiger charge is 2.42. The van der Waals surface area contributed by atoms with Gasteiger partial charge in [0.2, 0.25) is 0 Å². The molecule has 0 aromatic carbocycles. The summed E-state index contributed by atoms with van der Waals surface area (Å²) >= 11 is 0. The Morgan fingerprint density at radius 3 is 2.20 bits per heavy atom. The molecule has 1 fully saturated rings. The predicted octanol–water partition coefficient (Wildman–Crippen LogP) is 5.53. The van der Waals surface area contributed by atoms with Crippen LogP contribution in [0.15, 0.2) is 6.07 Å². The number of anilines is 1. The Morgan fingerprint density at radius 2 is 1.72 bits per heavy atom. The molecule has 1 aromatic rings. The largest absolute Gasteiger partial charge is 0.462 e. The van der Waals surface area contributed by atoms with Crippen LogP contribution in [0.4, 0.5) is 5.82 Å². The van der Waals surface area contributed by atoms with E-state index in [1.807, 2.05) is 6.92 Å². The molecule has 142 valence electrons. The van der Waals surface area contributed by atoms with E-state index in [1.165, 1.54) is 19.3 Å². The summed E-state index contributed by atoms with van der Waals surface area (Å²) < 4.78 is 10.6. The van der Waals surface area contributed by atoms with E-state index in [0.717, 1.165) is 24.2 Å². The van der Waals surface area contributed by atoms with Gasteiger partial charge < -0.3 is 9.64 Å². The van der Waals surface area contributed by atoms with Crippen molar-refractivity contribution in [1.29, 1.82) is 0 Å². The monoisotopic (exact) mass is 398 g/mol. The number of esters is 1. The number of piperidine rings is 1. The van der Waals surface area contributed by atoms with Gasteiger partial charge in [0.1, 0.15) is 5.82 Å². The van der Waals surface area contributed by atoms with Crippen LogP contribution < -0.4 is 4.90 Å². The van der Waals surface area contributed by atoms with E-state index in [0.29, 0.717) is 11.5 Å². The average Bonchev–Trinajstić information content (AvgIpc) is 2.90. The molecule has 25 heavy (non-hydrogen) atoms. The number of aromatic nitrogens is 1. The number of carbonyl (C=O) groups is 1. The quantitative estimate of drug-likeness (QED) is 0.467. The molecule has 0 aliphatic carbocycles. The lowest BCUT2D eigenvalue weighted by Gasteiger charge is -2.38. The Morgan fingerprint density at radius 1 is 1.16 bits per heavy atom. The van der Waals surface area contributed by atoms with Crippen LogP contribution in [0.3, 0.4) is 0 Å². The molecule has 4 nitrogen and oxygen atoms in total. The number of nitrogens with zero attached hydrogens (tertiary/aromatic N) is 2. The number of rotatable bonds is 6. The fourth-order valence-electron chi connectivity index (χ4n) is 4.25. The summed E-state index contributed by atoms with van der Waals surface area (Å²) in [5.74, 6) is 0.918. The van der Waals surface area contributed by atoms with Gasteiger partial charge in [0.05, 0.1) is 28.0 Å². The van der Waals surface area contributed by atoms with Gasteiger partial charge in [0.25, 0.3) is 0 Å². The zero-order valence-corrected chi connectivity index (χ0v) is 19.9. The standard InChI is InChI=1S/C18H35N2O2PSi2/c1-8-22-17(21)15-14-16(20-12-10-9-11-13-20)19-23(15)18(24(2,3)4)25(5,6)7/h14,18H,8-13H2,1-7H3. The van der Waals surface area contributed by atoms with Crippen LogP contribution >= 0.6 is 7.69 Å². The molecule has 1 saturated heterocycles. The first-order valence-corrected chi connectivity index (χ1v) is 18.1. The van der Waals surface area contributed by atoms with E-state index in [1.54, 1.807) is 0 Å². The van der Waals surface area contributed by atoms with E-state index in [2.05, 4.69) is 50.2 Å². The summed E-state index contributed by atoms with van der Waals surface area (Å²) in [4.78, 5) is 15.7. The highest BCUT2D eigenvalue weighted by molar-refractivity contribution is 7.56. The molecule has 0 spiro atoms. The van der Waals surface area contributed by atoms with Crippen molar-refractivity contribution >= 4 is 35.6 Å². The molecule has 0 saturated carbocycles. The summed E-state index contributed by atoms with van der Waals surface area (Å²) in [6.45, 7) is 19.1. The summed E-state index contributed by atoms with van der Waals surface area (Å²) in [6, 6.07) is 2.07. The second-order valence-corrected chi connectivity index (χ2v) is 23.3. The van der Waals surface area contributed by atoms with Crippen LogP contribution in [0.2, 0.25) is 39.3 Å². The smallest absolute Gasteiger partial charge is 0.343 e. The number of carbonyl (C=O) groups excluding carboxylic acids is 1. The average molecular weight is 399 g/mol. The highest BCUT2D eigenvalue weighted by Crippen LogP contribution is 2.53. The van der Waals surface area contributed by atoms with Gasteiger partial charge in [-0.3, -0.25) is 0 Å². The molecule has 1 aliphatic heterocycles. The van der Waals surface area contributed by atoms with Gasteiger partial charge >= 0.3 is 5.97 Å².